The fourth-order valence-corrected chi connectivity index (χ4v) is 5.74. The van der Waals surface area contributed by atoms with Gasteiger partial charge in [-0.25, -0.2) is 4.79 Å². The number of carbonyl (C=O) groups excluding carboxylic acids is 2. The molecule has 1 aromatic rings. The van der Waals surface area contributed by atoms with Crippen LogP contribution in [0.15, 0.2) is 30.3 Å². The Labute approximate surface area is 161 Å². The van der Waals surface area contributed by atoms with Crippen molar-refractivity contribution in [2.45, 2.75) is 44.7 Å². The number of esters is 1. The molecule has 5 rings (SSSR count). The molecule has 4 aliphatic carbocycles. The lowest BCUT2D eigenvalue weighted by Crippen LogP contribution is -2.51. The minimum absolute atomic E-state index is 0.0304. The van der Waals surface area contributed by atoms with Crippen molar-refractivity contribution in [1.29, 1.82) is 0 Å². The van der Waals surface area contributed by atoms with Crippen molar-refractivity contribution >= 4 is 17.8 Å². The number of carbonyl (C=O) groups is 2. The zero-order valence-corrected chi connectivity index (χ0v) is 15.5. The van der Waals surface area contributed by atoms with Gasteiger partial charge >= 0.3 is 12.1 Å². The summed E-state index contributed by atoms with van der Waals surface area (Å²) in [4.78, 5) is 24.7. The summed E-state index contributed by atoms with van der Waals surface area (Å²) in [5.74, 6) is 1.31. The summed E-state index contributed by atoms with van der Waals surface area (Å²) in [6.45, 7) is -0.220. The Morgan fingerprint density at radius 2 is 1.54 bits per heavy atom. The molecule has 0 atom stereocenters. The lowest BCUT2D eigenvalue weighted by atomic mass is 9.48. The smallest absolute Gasteiger partial charge is 0.416 e. The van der Waals surface area contributed by atoms with Gasteiger partial charge in [0.25, 0.3) is 0 Å². The summed E-state index contributed by atoms with van der Waals surface area (Å²) >= 11 is 0. The van der Waals surface area contributed by atoms with Crippen molar-refractivity contribution in [3.63, 3.8) is 0 Å². The van der Waals surface area contributed by atoms with Gasteiger partial charge in [0, 0.05) is 11.5 Å². The number of hydrogen-bond donors (Lipinski definition) is 0. The second-order valence-corrected chi connectivity index (χ2v) is 8.68. The molecule has 0 heterocycles. The number of halogens is 3. The van der Waals surface area contributed by atoms with Crippen LogP contribution in [-0.2, 0) is 20.5 Å². The lowest BCUT2D eigenvalue weighted by molar-refractivity contribution is -0.155. The van der Waals surface area contributed by atoms with E-state index in [0.29, 0.717) is 23.3 Å². The van der Waals surface area contributed by atoms with Gasteiger partial charge in [0.2, 0.25) is 0 Å². The summed E-state index contributed by atoms with van der Waals surface area (Å²) in [6.07, 6.45) is 4.64. The summed E-state index contributed by atoms with van der Waals surface area (Å²) in [6, 6.07) is 4.49. The van der Waals surface area contributed by atoms with Crippen LogP contribution in [0.3, 0.4) is 0 Å². The molecular formula is C22H23F3O3. The van der Waals surface area contributed by atoms with Gasteiger partial charge in [-0.05, 0) is 80.1 Å². The highest BCUT2D eigenvalue weighted by atomic mass is 19.4. The van der Waals surface area contributed by atoms with E-state index >= 15 is 0 Å². The van der Waals surface area contributed by atoms with Crippen molar-refractivity contribution in [3.05, 3.63) is 41.5 Å². The number of ketones is 1. The van der Waals surface area contributed by atoms with E-state index in [9.17, 15) is 22.8 Å². The molecular weight excluding hydrogens is 369 g/mol. The molecule has 0 N–H and O–H groups in total. The van der Waals surface area contributed by atoms with Gasteiger partial charge in [-0.3, -0.25) is 4.79 Å². The molecule has 4 aliphatic rings. The first kappa shape index (κ1) is 19.2. The molecule has 0 unspecified atom stereocenters. The highest BCUT2D eigenvalue weighted by Crippen LogP contribution is 2.60. The third kappa shape index (κ3) is 3.87. The van der Waals surface area contributed by atoms with Crippen LogP contribution in [0.1, 0.15) is 49.7 Å². The molecule has 0 aliphatic heterocycles. The van der Waals surface area contributed by atoms with E-state index in [1.54, 1.807) is 0 Å². The Hall–Kier alpha value is -2.11. The first-order valence-corrected chi connectivity index (χ1v) is 9.79. The number of ether oxygens (including phenoxy) is 1. The second kappa shape index (κ2) is 7.05. The highest BCUT2D eigenvalue weighted by molar-refractivity contribution is 5.91. The van der Waals surface area contributed by atoms with Gasteiger partial charge in [-0.2, -0.15) is 13.2 Å². The topological polar surface area (TPSA) is 43.4 Å². The van der Waals surface area contributed by atoms with Crippen LogP contribution < -0.4 is 0 Å². The van der Waals surface area contributed by atoms with Crippen molar-refractivity contribution in [1.82, 2.24) is 0 Å². The highest BCUT2D eigenvalue weighted by Gasteiger charge is 2.54. The predicted octanol–water partition coefficient (Wildman–Crippen LogP) is 5.05. The Kier molecular flexibility index (Phi) is 4.84. The molecule has 3 nitrogen and oxygen atoms in total. The molecule has 150 valence electrons. The Morgan fingerprint density at radius 1 is 1.00 bits per heavy atom. The van der Waals surface area contributed by atoms with Crippen LogP contribution in [0.4, 0.5) is 13.2 Å². The third-order valence-corrected chi connectivity index (χ3v) is 6.63. The molecule has 4 bridgehead atoms. The molecule has 0 radical (unpaired) electrons. The van der Waals surface area contributed by atoms with Gasteiger partial charge in [-0.15, -0.1) is 0 Å². The van der Waals surface area contributed by atoms with Gasteiger partial charge in [0.15, 0.2) is 12.4 Å². The Bertz CT molecular complexity index is 757. The van der Waals surface area contributed by atoms with Crippen molar-refractivity contribution < 1.29 is 27.5 Å². The zero-order valence-electron chi connectivity index (χ0n) is 15.5. The summed E-state index contributed by atoms with van der Waals surface area (Å²) in [5, 5.41) is 0. The molecule has 0 amide bonds. The summed E-state index contributed by atoms with van der Waals surface area (Å²) < 4.78 is 42.8. The fourth-order valence-electron chi connectivity index (χ4n) is 5.74. The molecule has 28 heavy (non-hydrogen) atoms. The molecule has 6 heteroatoms. The van der Waals surface area contributed by atoms with Crippen LogP contribution in [0, 0.1) is 23.2 Å². The number of alkyl halides is 3. The number of benzene rings is 1. The number of hydrogen-bond acceptors (Lipinski definition) is 3. The number of Topliss-reactive ketones (excluding diaryl/α,β-unsaturated/α-hetero) is 1. The van der Waals surface area contributed by atoms with Crippen LogP contribution in [0.2, 0.25) is 0 Å². The van der Waals surface area contributed by atoms with Gasteiger partial charge < -0.3 is 4.74 Å². The minimum Gasteiger partial charge on any atom is -0.455 e. The zero-order chi connectivity index (χ0) is 19.9. The van der Waals surface area contributed by atoms with Crippen LogP contribution in [0.5, 0.6) is 0 Å². The van der Waals surface area contributed by atoms with Crippen LogP contribution in [0.25, 0.3) is 6.08 Å². The van der Waals surface area contributed by atoms with Crippen molar-refractivity contribution in [3.8, 4) is 0 Å². The van der Waals surface area contributed by atoms with E-state index in [1.807, 2.05) is 0 Å². The predicted molar refractivity (Wildman–Crippen MR) is 97.0 cm³/mol. The van der Waals surface area contributed by atoms with E-state index in [1.165, 1.54) is 37.5 Å². The van der Waals surface area contributed by atoms with Gasteiger partial charge in [0.05, 0.1) is 5.56 Å². The molecule has 0 spiro atoms. The van der Waals surface area contributed by atoms with E-state index in [4.69, 9.17) is 4.74 Å². The normalized spacial score (nSPS) is 31.3. The van der Waals surface area contributed by atoms with E-state index in [0.717, 1.165) is 37.5 Å². The van der Waals surface area contributed by atoms with Gasteiger partial charge in [0.1, 0.15) is 0 Å². The maximum atomic E-state index is 12.8. The molecule has 0 saturated heterocycles. The van der Waals surface area contributed by atoms with E-state index in [-0.39, 0.29) is 17.8 Å². The van der Waals surface area contributed by atoms with Crippen LogP contribution >= 0.6 is 0 Å². The molecule has 4 fully saturated rings. The SMILES string of the molecule is O=C(/C=C/c1ccc(C(F)(F)F)cc1)OCC(=O)C12CC3CC(CC(C3)C1)C2. The number of rotatable bonds is 5. The second-order valence-electron chi connectivity index (χ2n) is 8.68. The average Bonchev–Trinajstić information content (AvgIpc) is 2.63. The Balaban J connectivity index is 1.31. The molecule has 1 aromatic carbocycles. The summed E-state index contributed by atoms with van der Waals surface area (Å²) in [7, 11) is 0. The molecule has 4 saturated carbocycles. The maximum Gasteiger partial charge on any atom is 0.416 e. The maximum absolute atomic E-state index is 12.8. The van der Waals surface area contributed by atoms with E-state index in [2.05, 4.69) is 0 Å². The first-order valence-electron chi connectivity index (χ1n) is 9.79. The first-order chi connectivity index (χ1) is 13.2. The standard InChI is InChI=1S/C22H23F3O3/c23-22(24,25)18-4-1-14(2-5-18)3-6-20(27)28-13-19(26)21-10-15-7-16(11-21)9-17(8-15)12-21/h1-6,15-17H,7-13H2/b6-3+. The van der Waals surface area contributed by atoms with Crippen molar-refractivity contribution in [2.24, 2.45) is 23.2 Å². The lowest BCUT2D eigenvalue weighted by Gasteiger charge is -2.55. The van der Waals surface area contributed by atoms with Crippen LogP contribution in [-0.4, -0.2) is 18.4 Å². The third-order valence-electron chi connectivity index (χ3n) is 6.63. The molecule has 0 aromatic heterocycles. The Morgan fingerprint density at radius 3 is 2.04 bits per heavy atom. The fraction of sp³-hybridized carbons (Fsp3) is 0.545. The monoisotopic (exact) mass is 392 g/mol. The van der Waals surface area contributed by atoms with E-state index < -0.39 is 17.7 Å². The van der Waals surface area contributed by atoms with Crippen molar-refractivity contribution in [2.75, 3.05) is 6.61 Å². The quantitative estimate of drug-likeness (QED) is 0.520. The largest absolute Gasteiger partial charge is 0.455 e. The van der Waals surface area contributed by atoms with Gasteiger partial charge in [-0.1, -0.05) is 12.1 Å². The average molecular weight is 392 g/mol. The minimum atomic E-state index is -4.39. The summed E-state index contributed by atoms with van der Waals surface area (Å²) in [5.41, 5.74) is -0.586.